The molecular formula is C29H30N4O3S2. The number of thiazole rings is 1. The van der Waals surface area contributed by atoms with Gasteiger partial charge < -0.3 is 9.80 Å². The first-order chi connectivity index (χ1) is 18.4. The van der Waals surface area contributed by atoms with Crippen molar-refractivity contribution in [1.82, 2.24) is 14.2 Å². The van der Waals surface area contributed by atoms with E-state index in [2.05, 4.69) is 36.1 Å². The molecule has 0 N–H and O–H groups in total. The third kappa shape index (κ3) is 4.70. The smallest absolute Gasteiger partial charge is 0.253 e. The Morgan fingerprint density at radius 2 is 1.66 bits per heavy atom. The Bertz CT molecular complexity index is 1590. The minimum atomic E-state index is -3.63. The summed E-state index contributed by atoms with van der Waals surface area (Å²) in [6.07, 6.45) is 1.71. The minimum Gasteiger partial charge on any atom is -0.345 e. The molecule has 1 amide bonds. The number of benzene rings is 3. The van der Waals surface area contributed by atoms with Gasteiger partial charge in [-0.1, -0.05) is 48.6 Å². The van der Waals surface area contributed by atoms with Gasteiger partial charge in [0, 0.05) is 44.8 Å². The zero-order chi connectivity index (χ0) is 26.3. The number of hydrogen-bond donors (Lipinski definition) is 0. The second kappa shape index (κ2) is 10.1. The summed E-state index contributed by atoms with van der Waals surface area (Å²) < 4.78 is 29.3. The molecule has 3 heterocycles. The van der Waals surface area contributed by atoms with Crippen LogP contribution in [0.4, 0.5) is 5.13 Å². The maximum atomic E-state index is 13.3. The van der Waals surface area contributed by atoms with E-state index in [0.717, 1.165) is 35.7 Å². The molecule has 0 atom stereocenters. The van der Waals surface area contributed by atoms with Gasteiger partial charge in [0.05, 0.1) is 15.1 Å². The maximum Gasteiger partial charge on any atom is 0.253 e. The van der Waals surface area contributed by atoms with Gasteiger partial charge in [0.1, 0.15) is 0 Å². The van der Waals surface area contributed by atoms with Crippen LogP contribution in [0.2, 0.25) is 0 Å². The van der Waals surface area contributed by atoms with E-state index in [-0.39, 0.29) is 10.8 Å². The summed E-state index contributed by atoms with van der Waals surface area (Å²) in [5.41, 5.74) is 5.08. The van der Waals surface area contributed by atoms with Crippen molar-refractivity contribution in [3.8, 4) is 0 Å². The van der Waals surface area contributed by atoms with Crippen LogP contribution < -0.4 is 4.90 Å². The zero-order valence-corrected chi connectivity index (χ0v) is 23.0. The number of piperazine rings is 1. The van der Waals surface area contributed by atoms with Crippen molar-refractivity contribution in [2.24, 2.45) is 0 Å². The molecule has 4 aromatic rings. The van der Waals surface area contributed by atoms with Crippen LogP contribution in [0.5, 0.6) is 0 Å². The number of anilines is 1. The molecule has 2 aliphatic rings. The summed E-state index contributed by atoms with van der Waals surface area (Å²) >= 11 is 1.70. The van der Waals surface area contributed by atoms with Gasteiger partial charge in [-0.15, -0.1) is 0 Å². The fourth-order valence-corrected chi connectivity index (χ4v) is 7.69. The minimum absolute atomic E-state index is 0.0719. The molecule has 0 unspecified atom stereocenters. The fourth-order valence-electron chi connectivity index (χ4n) is 5.19. The van der Waals surface area contributed by atoms with Gasteiger partial charge >= 0.3 is 0 Å². The Hall–Kier alpha value is -3.27. The highest BCUT2D eigenvalue weighted by Crippen LogP contribution is 2.31. The lowest BCUT2D eigenvalue weighted by Gasteiger charge is -2.34. The van der Waals surface area contributed by atoms with E-state index in [4.69, 9.17) is 4.98 Å². The monoisotopic (exact) mass is 546 g/mol. The molecule has 3 aromatic carbocycles. The number of aromatic nitrogens is 1. The number of amides is 1. The van der Waals surface area contributed by atoms with Crippen LogP contribution in [0.1, 0.15) is 34.0 Å². The number of hydrogen-bond acceptors (Lipinski definition) is 6. The van der Waals surface area contributed by atoms with Crippen molar-refractivity contribution in [2.45, 2.75) is 31.2 Å². The highest BCUT2D eigenvalue weighted by molar-refractivity contribution is 7.89. The van der Waals surface area contributed by atoms with E-state index >= 15 is 0 Å². The Morgan fingerprint density at radius 1 is 0.921 bits per heavy atom. The van der Waals surface area contributed by atoms with Crippen molar-refractivity contribution in [3.05, 3.63) is 89.0 Å². The molecule has 0 saturated carbocycles. The number of nitrogens with zero attached hydrogens (tertiary/aromatic N) is 4. The Balaban J connectivity index is 1.10. The van der Waals surface area contributed by atoms with E-state index in [1.165, 1.54) is 20.1 Å². The molecule has 1 saturated heterocycles. The highest BCUT2D eigenvalue weighted by Gasteiger charge is 2.29. The largest absolute Gasteiger partial charge is 0.345 e. The van der Waals surface area contributed by atoms with Crippen LogP contribution in [-0.2, 0) is 29.4 Å². The van der Waals surface area contributed by atoms with Crippen LogP contribution in [0.15, 0.2) is 71.6 Å². The van der Waals surface area contributed by atoms with E-state index in [0.29, 0.717) is 38.2 Å². The van der Waals surface area contributed by atoms with Crippen LogP contribution in [0, 0.1) is 0 Å². The maximum absolute atomic E-state index is 13.3. The number of sulfonamides is 1. The summed E-state index contributed by atoms with van der Waals surface area (Å²) in [5, 5.41) is 0.996. The molecule has 196 valence electrons. The summed E-state index contributed by atoms with van der Waals surface area (Å²) in [6, 6.07) is 20.8. The topological polar surface area (TPSA) is 73.8 Å². The van der Waals surface area contributed by atoms with E-state index in [1.54, 1.807) is 35.6 Å². The van der Waals surface area contributed by atoms with Gasteiger partial charge in [-0.25, -0.2) is 13.4 Å². The molecule has 7 nitrogen and oxygen atoms in total. The molecule has 1 fully saturated rings. The first kappa shape index (κ1) is 25.0. The van der Waals surface area contributed by atoms with Crippen molar-refractivity contribution in [2.75, 3.05) is 37.6 Å². The van der Waals surface area contributed by atoms with E-state index in [1.807, 2.05) is 23.1 Å². The second-order valence-corrected chi connectivity index (χ2v) is 12.8. The molecule has 2 aliphatic heterocycles. The molecule has 0 radical (unpaired) electrons. The summed E-state index contributed by atoms with van der Waals surface area (Å²) in [5.74, 6) is -0.0719. The average Bonchev–Trinajstić information content (AvgIpc) is 3.40. The number of rotatable bonds is 5. The predicted octanol–water partition coefficient (Wildman–Crippen LogP) is 4.57. The van der Waals surface area contributed by atoms with Gasteiger partial charge in [-0.05, 0) is 65.9 Å². The van der Waals surface area contributed by atoms with Crippen molar-refractivity contribution >= 4 is 42.6 Å². The molecule has 38 heavy (non-hydrogen) atoms. The highest BCUT2D eigenvalue weighted by atomic mass is 32.2. The zero-order valence-electron chi connectivity index (χ0n) is 21.3. The van der Waals surface area contributed by atoms with E-state index < -0.39 is 10.0 Å². The molecule has 9 heteroatoms. The predicted molar refractivity (Wildman–Crippen MR) is 151 cm³/mol. The van der Waals surface area contributed by atoms with Crippen molar-refractivity contribution < 1.29 is 13.2 Å². The van der Waals surface area contributed by atoms with Gasteiger partial charge in [0.2, 0.25) is 10.0 Å². The number of fused-ring (bicyclic) bond motifs is 2. The SMILES string of the molecule is CCc1ccc2nc(N3CCN(C(=O)c4ccc(S(=O)(=O)N5CCc6ccccc6C5)cc4)CC3)sc2c1. The molecule has 0 bridgehead atoms. The van der Waals surface area contributed by atoms with E-state index in [9.17, 15) is 13.2 Å². The van der Waals surface area contributed by atoms with Gasteiger partial charge in [0.25, 0.3) is 5.91 Å². The van der Waals surface area contributed by atoms with Crippen molar-refractivity contribution in [1.29, 1.82) is 0 Å². The lowest BCUT2D eigenvalue weighted by Crippen LogP contribution is -2.48. The first-order valence-electron chi connectivity index (χ1n) is 13.0. The number of aryl methyl sites for hydroxylation is 1. The summed E-state index contributed by atoms with van der Waals surface area (Å²) in [7, 11) is -3.63. The van der Waals surface area contributed by atoms with Crippen LogP contribution >= 0.6 is 11.3 Å². The Labute approximate surface area is 227 Å². The third-order valence-electron chi connectivity index (χ3n) is 7.52. The second-order valence-electron chi connectivity index (χ2n) is 9.81. The van der Waals surface area contributed by atoms with Gasteiger partial charge in [0.15, 0.2) is 5.13 Å². The molecule has 1 aromatic heterocycles. The van der Waals surface area contributed by atoms with Crippen LogP contribution in [0.25, 0.3) is 10.2 Å². The Morgan fingerprint density at radius 3 is 2.39 bits per heavy atom. The summed E-state index contributed by atoms with van der Waals surface area (Å²) in [6.45, 7) is 5.62. The molecule has 0 spiro atoms. The number of carbonyl (C=O) groups is 1. The average molecular weight is 547 g/mol. The fraction of sp³-hybridized carbons (Fsp3) is 0.310. The van der Waals surface area contributed by atoms with Gasteiger partial charge in [-0.3, -0.25) is 4.79 Å². The lowest BCUT2D eigenvalue weighted by molar-refractivity contribution is 0.0746. The first-order valence-corrected chi connectivity index (χ1v) is 15.3. The van der Waals surface area contributed by atoms with Crippen LogP contribution in [0.3, 0.4) is 0 Å². The molecule has 0 aliphatic carbocycles. The standard InChI is InChI=1S/C29H30N4O3S2/c1-2-21-7-12-26-27(19-21)37-29(30-26)32-17-15-31(16-18-32)28(34)23-8-10-25(11-9-23)38(35,36)33-14-13-22-5-3-4-6-24(22)20-33/h3-12,19H,2,13-18,20H2,1H3. The van der Waals surface area contributed by atoms with Gasteiger partial charge in [-0.2, -0.15) is 4.31 Å². The molecular weight excluding hydrogens is 516 g/mol. The lowest BCUT2D eigenvalue weighted by atomic mass is 10.0. The number of carbonyl (C=O) groups excluding carboxylic acids is 1. The third-order valence-corrected chi connectivity index (χ3v) is 10.5. The summed E-state index contributed by atoms with van der Waals surface area (Å²) in [4.78, 5) is 22.3. The normalized spacial score (nSPS) is 16.6. The quantitative estimate of drug-likeness (QED) is 0.367. The van der Waals surface area contributed by atoms with Crippen LogP contribution in [-0.4, -0.2) is 61.2 Å². The Kier molecular flexibility index (Phi) is 6.67. The molecule has 6 rings (SSSR count). The van der Waals surface area contributed by atoms with Crippen molar-refractivity contribution in [3.63, 3.8) is 0 Å².